The van der Waals surface area contributed by atoms with E-state index in [9.17, 15) is 23.2 Å². The van der Waals surface area contributed by atoms with Gasteiger partial charge in [0.2, 0.25) is 5.91 Å². The maximum atomic E-state index is 13.8. The maximum Gasteiger partial charge on any atom is 0.257 e. The average Bonchev–Trinajstić information content (AvgIpc) is 2.65. The van der Waals surface area contributed by atoms with Crippen LogP contribution in [0.1, 0.15) is 48.4 Å². The molecule has 0 radical (unpaired) electrons. The summed E-state index contributed by atoms with van der Waals surface area (Å²) < 4.78 is 27.7. The predicted molar refractivity (Wildman–Crippen MR) is 110 cm³/mol. The van der Waals surface area contributed by atoms with Crippen LogP contribution in [0.15, 0.2) is 42.5 Å². The molecular formula is C22H25F2N3O3. The molecule has 0 aromatic heterocycles. The fourth-order valence-corrected chi connectivity index (χ4v) is 2.73. The van der Waals surface area contributed by atoms with Crippen molar-refractivity contribution in [1.82, 2.24) is 10.6 Å². The molecule has 3 amide bonds. The predicted octanol–water partition coefficient (Wildman–Crippen LogP) is 3.50. The van der Waals surface area contributed by atoms with Crippen molar-refractivity contribution >= 4 is 23.4 Å². The Balaban J connectivity index is 2.10. The normalized spacial score (nSPS) is 11.9. The van der Waals surface area contributed by atoms with Gasteiger partial charge in [-0.1, -0.05) is 19.9 Å². The Morgan fingerprint density at radius 2 is 1.37 bits per heavy atom. The molecular weight excluding hydrogens is 392 g/mol. The standard InChI is InChI=1S/C22H25F2N3O3/c1-12(2)19(27-21(29)18-16(23)6-5-7-17(18)24)22(30)26-15-10-8-14(9-11-15)20(28)25-13(3)4/h5-13,19H,1-4H3,(H,25,28)(H,26,30)(H,27,29). The molecule has 6 nitrogen and oxygen atoms in total. The summed E-state index contributed by atoms with van der Waals surface area (Å²) in [4.78, 5) is 37.0. The zero-order chi connectivity index (χ0) is 22.4. The number of hydrogen-bond donors (Lipinski definition) is 3. The molecule has 1 atom stereocenters. The molecule has 2 aromatic carbocycles. The molecule has 3 N–H and O–H groups in total. The van der Waals surface area contributed by atoms with Crippen LogP contribution < -0.4 is 16.0 Å². The van der Waals surface area contributed by atoms with E-state index in [-0.39, 0.29) is 17.9 Å². The van der Waals surface area contributed by atoms with Gasteiger partial charge >= 0.3 is 0 Å². The van der Waals surface area contributed by atoms with Gasteiger partial charge in [0.25, 0.3) is 11.8 Å². The van der Waals surface area contributed by atoms with Crippen LogP contribution in [0.4, 0.5) is 14.5 Å². The summed E-state index contributed by atoms with van der Waals surface area (Å²) in [7, 11) is 0. The highest BCUT2D eigenvalue weighted by Gasteiger charge is 2.27. The van der Waals surface area contributed by atoms with Gasteiger partial charge in [0.15, 0.2) is 0 Å². The SMILES string of the molecule is CC(C)NC(=O)c1ccc(NC(=O)C(NC(=O)c2c(F)cccc2F)C(C)C)cc1. The van der Waals surface area contributed by atoms with Crippen LogP contribution in [0.2, 0.25) is 0 Å². The summed E-state index contributed by atoms with van der Waals surface area (Å²) >= 11 is 0. The van der Waals surface area contributed by atoms with Crippen LogP contribution >= 0.6 is 0 Å². The third kappa shape index (κ3) is 5.85. The largest absolute Gasteiger partial charge is 0.350 e. The molecule has 0 fully saturated rings. The number of amides is 3. The fourth-order valence-electron chi connectivity index (χ4n) is 2.73. The highest BCUT2D eigenvalue weighted by atomic mass is 19.1. The van der Waals surface area contributed by atoms with E-state index in [1.165, 1.54) is 0 Å². The molecule has 1 unspecified atom stereocenters. The van der Waals surface area contributed by atoms with E-state index in [0.29, 0.717) is 11.3 Å². The molecule has 2 aromatic rings. The summed E-state index contributed by atoms with van der Waals surface area (Å²) in [5, 5.41) is 7.80. The van der Waals surface area contributed by atoms with Gasteiger partial charge in [0, 0.05) is 17.3 Å². The number of nitrogens with one attached hydrogen (secondary N) is 3. The van der Waals surface area contributed by atoms with Crippen molar-refractivity contribution in [3.8, 4) is 0 Å². The van der Waals surface area contributed by atoms with E-state index < -0.39 is 35.1 Å². The first kappa shape index (κ1) is 23.0. The third-order valence-electron chi connectivity index (χ3n) is 4.26. The van der Waals surface area contributed by atoms with Crippen LogP contribution in [-0.2, 0) is 4.79 Å². The van der Waals surface area contributed by atoms with Gasteiger partial charge in [0.1, 0.15) is 23.2 Å². The van der Waals surface area contributed by atoms with Crippen molar-refractivity contribution in [3.63, 3.8) is 0 Å². The Morgan fingerprint density at radius 1 is 0.800 bits per heavy atom. The second-order valence-electron chi connectivity index (χ2n) is 7.49. The first-order valence-electron chi connectivity index (χ1n) is 9.56. The minimum absolute atomic E-state index is 0.00780. The molecule has 0 saturated carbocycles. The number of benzene rings is 2. The summed E-state index contributed by atoms with van der Waals surface area (Å²) in [6.07, 6.45) is 0. The number of hydrogen-bond acceptors (Lipinski definition) is 3. The highest BCUT2D eigenvalue weighted by Crippen LogP contribution is 2.15. The van der Waals surface area contributed by atoms with Gasteiger partial charge in [-0.3, -0.25) is 14.4 Å². The van der Waals surface area contributed by atoms with E-state index in [1.807, 2.05) is 13.8 Å². The first-order chi connectivity index (χ1) is 14.1. The molecule has 2 rings (SSSR count). The maximum absolute atomic E-state index is 13.8. The molecule has 0 saturated heterocycles. The molecule has 0 spiro atoms. The number of anilines is 1. The van der Waals surface area contributed by atoms with Crippen molar-refractivity contribution in [1.29, 1.82) is 0 Å². The van der Waals surface area contributed by atoms with Gasteiger partial charge in [-0.15, -0.1) is 0 Å². The molecule has 0 aliphatic carbocycles. The molecule has 8 heteroatoms. The molecule has 160 valence electrons. The Hall–Kier alpha value is -3.29. The monoisotopic (exact) mass is 417 g/mol. The third-order valence-corrected chi connectivity index (χ3v) is 4.26. The van der Waals surface area contributed by atoms with Crippen LogP contribution in [0.25, 0.3) is 0 Å². The number of carbonyl (C=O) groups excluding carboxylic acids is 3. The van der Waals surface area contributed by atoms with E-state index in [0.717, 1.165) is 18.2 Å². The lowest BCUT2D eigenvalue weighted by Crippen LogP contribution is -2.47. The minimum Gasteiger partial charge on any atom is -0.350 e. The Labute approximate surface area is 174 Å². The Bertz CT molecular complexity index is 907. The van der Waals surface area contributed by atoms with Crippen molar-refractivity contribution in [2.45, 2.75) is 39.8 Å². The second-order valence-corrected chi connectivity index (χ2v) is 7.49. The fraction of sp³-hybridized carbons (Fsp3) is 0.318. The van der Waals surface area contributed by atoms with Crippen molar-refractivity contribution in [2.24, 2.45) is 5.92 Å². The lowest BCUT2D eigenvalue weighted by molar-refractivity contribution is -0.118. The van der Waals surface area contributed by atoms with E-state index in [4.69, 9.17) is 0 Å². The molecule has 0 heterocycles. The zero-order valence-corrected chi connectivity index (χ0v) is 17.3. The van der Waals surface area contributed by atoms with Crippen LogP contribution in [0.5, 0.6) is 0 Å². The summed E-state index contributed by atoms with van der Waals surface area (Å²) in [5.74, 6) is -4.16. The number of halogens is 2. The highest BCUT2D eigenvalue weighted by molar-refractivity contribution is 6.02. The Kier molecular flexibility index (Phi) is 7.63. The topological polar surface area (TPSA) is 87.3 Å². The second kappa shape index (κ2) is 9.96. The van der Waals surface area contributed by atoms with E-state index in [2.05, 4.69) is 16.0 Å². The zero-order valence-electron chi connectivity index (χ0n) is 17.3. The summed E-state index contributed by atoms with van der Waals surface area (Å²) in [6.45, 7) is 7.09. The molecule has 30 heavy (non-hydrogen) atoms. The lowest BCUT2D eigenvalue weighted by atomic mass is 10.0. The summed E-state index contributed by atoms with van der Waals surface area (Å²) in [5.41, 5.74) is 0.111. The average molecular weight is 417 g/mol. The van der Waals surface area contributed by atoms with Gasteiger partial charge in [-0.25, -0.2) is 8.78 Å². The molecule has 0 aliphatic heterocycles. The van der Waals surface area contributed by atoms with Crippen molar-refractivity contribution in [3.05, 3.63) is 65.2 Å². The van der Waals surface area contributed by atoms with Crippen LogP contribution in [0.3, 0.4) is 0 Å². The van der Waals surface area contributed by atoms with Gasteiger partial charge in [-0.2, -0.15) is 0 Å². The molecule has 0 aliphatic rings. The first-order valence-corrected chi connectivity index (χ1v) is 9.56. The number of carbonyl (C=O) groups is 3. The molecule has 0 bridgehead atoms. The Morgan fingerprint density at radius 3 is 1.87 bits per heavy atom. The van der Waals surface area contributed by atoms with Gasteiger partial charge in [0.05, 0.1) is 0 Å². The van der Waals surface area contributed by atoms with Crippen molar-refractivity contribution in [2.75, 3.05) is 5.32 Å². The van der Waals surface area contributed by atoms with E-state index >= 15 is 0 Å². The van der Waals surface area contributed by atoms with Crippen LogP contribution in [0, 0.1) is 17.6 Å². The minimum atomic E-state index is -1.03. The van der Waals surface area contributed by atoms with E-state index in [1.54, 1.807) is 38.1 Å². The van der Waals surface area contributed by atoms with Crippen molar-refractivity contribution < 1.29 is 23.2 Å². The summed E-state index contributed by atoms with van der Waals surface area (Å²) in [6, 6.07) is 8.30. The van der Waals surface area contributed by atoms with Crippen LogP contribution in [-0.4, -0.2) is 29.8 Å². The smallest absolute Gasteiger partial charge is 0.257 e. The van der Waals surface area contributed by atoms with Gasteiger partial charge in [-0.05, 0) is 56.2 Å². The number of rotatable bonds is 7. The lowest BCUT2D eigenvalue weighted by Gasteiger charge is -2.22. The quantitative estimate of drug-likeness (QED) is 0.644. The van der Waals surface area contributed by atoms with Gasteiger partial charge < -0.3 is 16.0 Å².